The van der Waals surface area contributed by atoms with E-state index in [2.05, 4.69) is 19.8 Å². The van der Waals surface area contributed by atoms with E-state index >= 15 is 0 Å². The van der Waals surface area contributed by atoms with Gasteiger partial charge in [0.05, 0.1) is 6.54 Å². The Morgan fingerprint density at radius 2 is 2.14 bits per heavy atom. The third kappa shape index (κ3) is 4.86. The third-order valence-corrected chi connectivity index (χ3v) is 4.43. The summed E-state index contributed by atoms with van der Waals surface area (Å²) in [6, 6.07) is 0.332. The van der Waals surface area contributed by atoms with Crippen LogP contribution in [0.15, 0.2) is 12.4 Å². The maximum absolute atomic E-state index is 12.3. The summed E-state index contributed by atoms with van der Waals surface area (Å²) >= 11 is 0. The Morgan fingerprint density at radius 3 is 2.77 bits per heavy atom. The van der Waals surface area contributed by atoms with E-state index in [0.29, 0.717) is 12.6 Å². The van der Waals surface area contributed by atoms with E-state index in [1.54, 1.807) is 0 Å². The van der Waals surface area contributed by atoms with E-state index in [1.807, 2.05) is 19.3 Å². The number of hydrogen-bond donors (Lipinski definition) is 1. The lowest BCUT2D eigenvalue weighted by atomic mass is 10.2. The summed E-state index contributed by atoms with van der Waals surface area (Å²) in [7, 11) is 0. The molecule has 1 aliphatic carbocycles. The van der Waals surface area contributed by atoms with Crippen LogP contribution in [0.4, 0.5) is 0 Å². The van der Waals surface area contributed by atoms with Crippen molar-refractivity contribution in [2.24, 2.45) is 5.92 Å². The van der Waals surface area contributed by atoms with Crippen LogP contribution in [0.3, 0.4) is 0 Å². The highest BCUT2D eigenvalue weighted by Crippen LogP contribution is 2.27. The molecule has 3 rings (SSSR count). The molecule has 1 amide bonds. The number of halogens is 2. The number of imidazole rings is 1. The van der Waals surface area contributed by atoms with Crippen LogP contribution >= 0.6 is 24.8 Å². The van der Waals surface area contributed by atoms with Crippen molar-refractivity contribution in [2.75, 3.05) is 19.6 Å². The molecule has 0 radical (unpaired) electrons. The minimum absolute atomic E-state index is 0. The Kier molecular flexibility index (Phi) is 7.66. The Balaban J connectivity index is 0.00000121. The van der Waals surface area contributed by atoms with E-state index in [4.69, 9.17) is 0 Å². The molecule has 1 unspecified atom stereocenters. The molecule has 2 heterocycles. The molecule has 22 heavy (non-hydrogen) atoms. The number of hydrogen-bond acceptors (Lipinski definition) is 3. The number of nitrogens with zero attached hydrogens (tertiary/aromatic N) is 3. The molecular formula is C15H26Cl2N4O. The number of likely N-dealkylation sites (tertiary alicyclic amines) is 1. The first-order valence-electron chi connectivity index (χ1n) is 7.72. The number of aromatic nitrogens is 2. The SMILES string of the molecule is Cc1nccn1CC1CCCN1C(=O)CNCC1CC1.Cl.Cl. The van der Waals surface area contributed by atoms with Gasteiger partial charge in [-0.15, -0.1) is 24.8 Å². The van der Waals surface area contributed by atoms with Gasteiger partial charge < -0.3 is 14.8 Å². The lowest BCUT2D eigenvalue weighted by Crippen LogP contribution is -2.43. The fraction of sp³-hybridized carbons (Fsp3) is 0.733. The van der Waals surface area contributed by atoms with Crippen LogP contribution < -0.4 is 5.32 Å². The fourth-order valence-corrected chi connectivity index (χ4v) is 2.98. The van der Waals surface area contributed by atoms with Crippen LogP contribution in [0.2, 0.25) is 0 Å². The maximum Gasteiger partial charge on any atom is 0.236 e. The van der Waals surface area contributed by atoms with Crippen LogP contribution in [0.5, 0.6) is 0 Å². The van der Waals surface area contributed by atoms with Crippen LogP contribution in [0.25, 0.3) is 0 Å². The molecule has 1 aromatic heterocycles. The number of nitrogens with one attached hydrogen (secondary N) is 1. The zero-order chi connectivity index (χ0) is 13.9. The second-order valence-electron chi connectivity index (χ2n) is 6.08. The van der Waals surface area contributed by atoms with Gasteiger partial charge in [-0.3, -0.25) is 4.79 Å². The van der Waals surface area contributed by atoms with Gasteiger partial charge in [-0.2, -0.15) is 0 Å². The third-order valence-electron chi connectivity index (χ3n) is 4.43. The van der Waals surface area contributed by atoms with Crippen molar-refractivity contribution in [3.05, 3.63) is 18.2 Å². The molecule has 0 aromatic carbocycles. The summed E-state index contributed by atoms with van der Waals surface area (Å²) in [6.45, 7) is 5.29. The smallest absolute Gasteiger partial charge is 0.236 e. The Bertz CT molecular complexity index is 476. The largest absolute Gasteiger partial charge is 0.337 e. The molecular weight excluding hydrogens is 323 g/mol. The van der Waals surface area contributed by atoms with Gasteiger partial charge in [-0.1, -0.05) is 0 Å². The van der Waals surface area contributed by atoms with Crippen molar-refractivity contribution < 1.29 is 4.79 Å². The summed E-state index contributed by atoms with van der Waals surface area (Å²) < 4.78 is 2.15. The summed E-state index contributed by atoms with van der Waals surface area (Å²) in [4.78, 5) is 18.6. The van der Waals surface area contributed by atoms with Crippen LogP contribution in [0, 0.1) is 12.8 Å². The lowest BCUT2D eigenvalue weighted by Gasteiger charge is -2.25. The van der Waals surface area contributed by atoms with E-state index in [0.717, 1.165) is 44.2 Å². The second kappa shape index (κ2) is 8.75. The summed E-state index contributed by atoms with van der Waals surface area (Å²) in [6.07, 6.45) is 8.70. The predicted octanol–water partition coefficient (Wildman–Crippen LogP) is 2.03. The zero-order valence-corrected chi connectivity index (χ0v) is 14.7. The molecule has 1 atom stereocenters. The number of amides is 1. The van der Waals surface area contributed by atoms with Crippen molar-refractivity contribution in [3.8, 4) is 0 Å². The van der Waals surface area contributed by atoms with E-state index in [1.165, 1.54) is 12.8 Å². The zero-order valence-electron chi connectivity index (χ0n) is 13.0. The highest BCUT2D eigenvalue weighted by Gasteiger charge is 2.29. The average Bonchev–Trinajstić information content (AvgIpc) is 2.99. The minimum Gasteiger partial charge on any atom is -0.337 e. The monoisotopic (exact) mass is 348 g/mol. The second-order valence-corrected chi connectivity index (χ2v) is 6.08. The summed E-state index contributed by atoms with van der Waals surface area (Å²) in [5, 5.41) is 3.30. The number of carbonyl (C=O) groups excluding carboxylic acids is 1. The van der Waals surface area contributed by atoms with Gasteiger partial charge in [0, 0.05) is 31.5 Å². The Hall–Kier alpha value is -0.780. The van der Waals surface area contributed by atoms with Gasteiger partial charge in [-0.25, -0.2) is 4.98 Å². The van der Waals surface area contributed by atoms with Gasteiger partial charge in [0.2, 0.25) is 5.91 Å². The summed E-state index contributed by atoms with van der Waals surface area (Å²) in [5.74, 6) is 2.10. The van der Waals surface area contributed by atoms with Crippen molar-refractivity contribution in [3.63, 3.8) is 0 Å². The average molecular weight is 349 g/mol. The predicted molar refractivity (Wildman–Crippen MR) is 91.8 cm³/mol. The highest BCUT2D eigenvalue weighted by molar-refractivity contribution is 5.85. The Labute approximate surface area is 144 Å². The quantitative estimate of drug-likeness (QED) is 0.855. The first kappa shape index (κ1) is 19.3. The van der Waals surface area contributed by atoms with Crippen molar-refractivity contribution >= 4 is 30.7 Å². The standard InChI is InChI=1S/C15H24N4O.2ClH/c1-12-17-6-8-18(12)11-14-3-2-7-19(14)15(20)10-16-9-13-4-5-13;;/h6,8,13-14,16H,2-5,7,9-11H2,1H3;2*1H. The number of rotatable bonds is 6. The number of aryl methyl sites for hydroxylation is 1. The molecule has 2 fully saturated rings. The van der Waals surface area contributed by atoms with E-state index in [9.17, 15) is 4.79 Å². The first-order valence-corrected chi connectivity index (χ1v) is 7.72. The first-order chi connectivity index (χ1) is 9.74. The number of carbonyl (C=O) groups is 1. The van der Waals surface area contributed by atoms with Gasteiger partial charge in [0.25, 0.3) is 0 Å². The van der Waals surface area contributed by atoms with Gasteiger partial charge in [-0.05, 0) is 45.1 Å². The van der Waals surface area contributed by atoms with Gasteiger partial charge >= 0.3 is 0 Å². The molecule has 2 aliphatic rings. The molecule has 1 aliphatic heterocycles. The molecule has 5 nitrogen and oxygen atoms in total. The van der Waals surface area contributed by atoms with Gasteiger partial charge in [0.15, 0.2) is 0 Å². The molecule has 1 saturated carbocycles. The molecule has 0 spiro atoms. The maximum atomic E-state index is 12.3. The topological polar surface area (TPSA) is 50.2 Å². The van der Waals surface area contributed by atoms with Crippen LogP contribution in [-0.2, 0) is 11.3 Å². The molecule has 7 heteroatoms. The van der Waals surface area contributed by atoms with Gasteiger partial charge in [0.1, 0.15) is 5.82 Å². The molecule has 126 valence electrons. The fourth-order valence-electron chi connectivity index (χ4n) is 2.98. The van der Waals surface area contributed by atoms with E-state index < -0.39 is 0 Å². The van der Waals surface area contributed by atoms with Crippen molar-refractivity contribution in [1.82, 2.24) is 19.8 Å². The normalized spacial score (nSPS) is 20.4. The highest BCUT2D eigenvalue weighted by atomic mass is 35.5. The van der Waals surface area contributed by atoms with Crippen molar-refractivity contribution in [2.45, 2.75) is 45.2 Å². The van der Waals surface area contributed by atoms with E-state index in [-0.39, 0.29) is 30.7 Å². The van der Waals surface area contributed by atoms with Crippen LogP contribution in [0.1, 0.15) is 31.5 Å². The lowest BCUT2D eigenvalue weighted by molar-refractivity contribution is -0.131. The van der Waals surface area contributed by atoms with Crippen molar-refractivity contribution in [1.29, 1.82) is 0 Å². The molecule has 0 bridgehead atoms. The van der Waals surface area contributed by atoms with Crippen LogP contribution in [-0.4, -0.2) is 46.0 Å². The molecule has 1 aromatic rings. The minimum atomic E-state index is 0. The molecule has 1 saturated heterocycles. The summed E-state index contributed by atoms with van der Waals surface area (Å²) in [5.41, 5.74) is 0. The molecule has 1 N–H and O–H groups in total. The Morgan fingerprint density at radius 1 is 1.36 bits per heavy atom.